The van der Waals surface area contributed by atoms with E-state index in [2.05, 4.69) is 37.7 Å². The van der Waals surface area contributed by atoms with Crippen molar-refractivity contribution in [1.82, 2.24) is 15.1 Å². The van der Waals surface area contributed by atoms with Gasteiger partial charge in [0.25, 0.3) is 0 Å². The molecule has 4 nitrogen and oxygen atoms in total. The monoisotopic (exact) mass is 304 g/mol. The molecule has 1 aliphatic heterocycles. The minimum atomic E-state index is 0.528. The number of nitrogen functional groups attached to an aromatic ring is 1. The van der Waals surface area contributed by atoms with Gasteiger partial charge < -0.3 is 5.73 Å². The Morgan fingerprint density at radius 3 is 3.14 bits per heavy atom. The Morgan fingerprint density at radius 1 is 1.50 bits per heavy atom. The van der Waals surface area contributed by atoms with E-state index in [0.29, 0.717) is 5.82 Å². The van der Waals surface area contributed by atoms with Crippen molar-refractivity contribution >= 4 is 28.4 Å². The second-order valence-corrected chi connectivity index (χ2v) is 4.54. The Bertz CT molecular complexity index is 329. The van der Waals surface area contributed by atoms with Crippen LogP contribution in [0.3, 0.4) is 0 Å². The van der Waals surface area contributed by atoms with Gasteiger partial charge in [-0.1, -0.05) is 22.6 Å². The highest BCUT2D eigenvalue weighted by Crippen LogP contribution is 2.17. The third-order valence-electron chi connectivity index (χ3n) is 2.44. The number of anilines is 1. The van der Waals surface area contributed by atoms with Crippen LogP contribution in [0.25, 0.3) is 0 Å². The summed E-state index contributed by atoms with van der Waals surface area (Å²) >= 11 is 2.40. The van der Waals surface area contributed by atoms with Gasteiger partial charge in [-0.3, -0.25) is 4.90 Å². The number of hydrogen-bond acceptors (Lipinski definition) is 4. The van der Waals surface area contributed by atoms with Crippen molar-refractivity contribution in [2.75, 3.05) is 23.3 Å². The topological polar surface area (TPSA) is 55.0 Å². The number of halogens is 1. The molecule has 5 heteroatoms. The van der Waals surface area contributed by atoms with Crippen molar-refractivity contribution in [3.8, 4) is 0 Å². The van der Waals surface area contributed by atoms with Gasteiger partial charge in [-0.05, 0) is 11.6 Å². The van der Waals surface area contributed by atoms with Crippen LogP contribution in [0.2, 0.25) is 0 Å². The average Bonchev–Trinajstić information content (AvgIpc) is 2.17. The molecule has 0 aliphatic carbocycles. The predicted octanol–water partition coefficient (Wildman–Crippen LogP) is 0.852. The lowest BCUT2D eigenvalue weighted by molar-refractivity contribution is 0.268. The van der Waals surface area contributed by atoms with Gasteiger partial charge in [-0.2, -0.15) is 5.10 Å². The molecule has 1 aromatic heterocycles. The summed E-state index contributed by atoms with van der Waals surface area (Å²) in [6, 6.07) is 1.95. The number of hydrogen-bond donors (Lipinski definition) is 1. The van der Waals surface area contributed by atoms with Crippen LogP contribution in [0.4, 0.5) is 5.82 Å². The highest BCUT2D eigenvalue weighted by atomic mass is 127. The fourth-order valence-corrected chi connectivity index (χ4v) is 2.40. The molecule has 2 N–H and O–H groups in total. The Kier molecular flexibility index (Phi) is 3.17. The van der Waals surface area contributed by atoms with Crippen LogP contribution in [-0.2, 0) is 13.0 Å². The summed E-state index contributed by atoms with van der Waals surface area (Å²) in [5.41, 5.74) is 7.97. The summed E-state index contributed by atoms with van der Waals surface area (Å²) in [6.07, 6.45) is 0.999. The fourth-order valence-electron chi connectivity index (χ4n) is 1.71. The fraction of sp³-hybridized carbons (Fsp3) is 0.556. The summed E-state index contributed by atoms with van der Waals surface area (Å²) in [4.78, 5) is 2.43. The number of nitrogens with zero attached hydrogens (tertiary/aromatic N) is 3. The van der Waals surface area contributed by atoms with Gasteiger partial charge in [-0.25, -0.2) is 0 Å². The highest BCUT2D eigenvalue weighted by molar-refractivity contribution is 14.1. The predicted molar refractivity (Wildman–Crippen MR) is 64.3 cm³/mol. The largest absolute Gasteiger partial charge is 0.382 e. The minimum Gasteiger partial charge on any atom is -0.382 e. The van der Waals surface area contributed by atoms with E-state index in [1.165, 1.54) is 9.99 Å². The summed E-state index contributed by atoms with van der Waals surface area (Å²) < 4.78 is 1.17. The molecule has 0 radical (unpaired) electrons. The van der Waals surface area contributed by atoms with Gasteiger partial charge in [-0.15, -0.1) is 5.10 Å². The maximum absolute atomic E-state index is 5.61. The van der Waals surface area contributed by atoms with E-state index in [9.17, 15) is 0 Å². The van der Waals surface area contributed by atoms with Crippen molar-refractivity contribution < 1.29 is 0 Å². The number of alkyl halides is 1. The Labute approximate surface area is 97.0 Å². The number of aromatic nitrogens is 2. The standard InChI is InChI=1S/C9H13IN4/c10-2-4-14-3-1-8-7(6-14)5-9(11)13-12-8/h5H,1-4,6H2,(H2,11,13). The lowest BCUT2D eigenvalue weighted by Crippen LogP contribution is -2.32. The third-order valence-corrected chi connectivity index (χ3v) is 2.92. The zero-order valence-electron chi connectivity index (χ0n) is 7.91. The van der Waals surface area contributed by atoms with Crippen molar-refractivity contribution in [3.05, 3.63) is 17.3 Å². The van der Waals surface area contributed by atoms with Gasteiger partial charge in [0.1, 0.15) is 5.82 Å². The van der Waals surface area contributed by atoms with E-state index in [0.717, 1.165) is 31.7 Å². The molecule has 0 atom stereocenters. The van der Waals surface area contributed by atoms with Gasteiger partial charge in [0.2, 0.25) is 0 Å². The number of rotatable bonds is 2. The van der Waals surface area contributed by atoms with Gasteiger partial charge in [0.15, 0.2) is 0 Å². The molecule has 2 heterocycles. The second-order valence-electron chi connectivity index (χ2n) is 3.46. The van der Waals surface area contributed by atoms with E-state index >= 15 is 0 Å². The van der Waals surface area contributed by atoms with E-state index in [4.69, 9.17) is 5.73 Å². The van der Waals surface area contributed by atoms with Crippen molar-refractivity contribution in [2.24, 2.45) is 0 Å². The van der Waals surface area contributed by atoms with Crippen LogP contribution in [0.1, 0.15) is 11.3 Å². The number of nitrogens with two attached hydrogens (primary N) is 1. The molecule has 76 valence electrons. The first-order chi connectivity index (χ1) is 6.79. The van der Waals surface area contributed by atoms with E-state index in [1.807, 2.05) is 6.07 Å². The normalized spacial score (nSPS) is 16.6. The van der Waals surface area contributed by atoms with Gasteiger partial charge in [0, 0.05) is 30.5 Å². The lowest BCUT2D eigenvalue weighted by atomic mass is 10.1. The molecule has 0 saturated carbocycles. The minimum absolute atomic E-state index is 0.528. The van der Waals surface area contributed by atoms with Crippen molar-refractivity contribution in [1.29, 1.82) is 0 Å². The Hall–Kier alpha value is -0.430. The molecule has 0 saturated heterocycles. The maximum Gasteiger partial charge on any atom is 0.146 e. The Balaban J connectivity index is 2.16. The van der Waals surface area contributed by atoms with Crippen LogP contribution >= 0.6 is 22.6 Å². The summed E-state index contributed by atoms with van der Waals surface area (Å²) in [5, 5.41) is 7.98. The lowest BCUT2D eigenvalue weighted by Gasteiger charge is -2.26. The average molecular weight is 304 g/mol. The molecule has 0 spiro atoms. The molecule has 0 unspecified atom stereocenters. The Morgan fingerprint density at radius 2 is 2.36 bits per heavy atom. The zero-order chi connectivity index (χ0) is 9.97. The molecule has 1 aromatic rings. The van der Waals surface area contributed by atoms with E-state index in [-0.39, 0.29) is 0 Å². The van der Waals surface area contributed by atoms with Crippen LogP contribution < -0.4 is 5.73 Å². The van der Waals surface area contributed by atoms with E-state index in [1.54, 1.807) is 0 Å². The van der Waals surface area contributed by atoms with Crippen LogP contribution in [0, 0.1) is 0 Å². The molecule has 2 rings (SSSR count). The van der Waals surface area contributed by atoms with Gasteiger partial charge in [0.05, 0.1) is 5.69 Å². The summed E-state index contributed by atoms with van der Waals surface area (Å²) in [6.45, 7) is 3.20. The first-order valence-electron chi connectivity index (χ1n) is 4.69. The SMILES string of the molecule is Nc1cc2c(nn1)CCN(CCI)C2. The molecule has 0 aromatic carbocycles. The second kappa shape index (κ2) is 4.39. The van der Waals surface area contributed by atoms with Crippen LogP contribution in [-0.4, -0.2) is 32.6 Å². The zero-order valence-corrected chi connectivity index (χ0v) is 10.1. The molecule has 0 fully saturated rings. The highest BCUT2D eigenvalue weighted by Gasteiger charge is 2.17. The van der Waals surface area contributed by atoms with Crippen LogP contribution in [0.5, 0.6) is 0 Å². The molecular formula is C9H13IN4. The number of fused-ring (bicyclic) bond motifs is 1. The molecular weight excluding hydrogens is 291 g/mol. The van der Waals surface area contributed by atoms with Gasteiger partial charge >= 0.3 is 0 Å². The van der Waals surface area contributed by atoms with E-state index < -0.39 is 0 Å². The van der Waals surface area contributed by atoms with Crippen molar-refractivity contribution in [3.63, 3.8) is 0 Å². The first-order valence-corrected chi connectivity index (χ1v) is 6.21. The third kappa shape index (κ3) is 2.14. The molecule has 0 bridgehead atoms. The molecule has 1 aliphatic rings. The summed E-state index contributed by atoms with van der Waals surface area (Å²) in [5.74, 6) is 0.528. The van der Waals surface area contributed by atoms with Crippen molar-refractivity contribution in [2.45, 2.75) is 13.0 Å². The van der Waals surface area contributed by atoms with Crippen LogP contribution in [0.15, 0.2) is 6.07 Å². The quantitative estimate of drug-likeness (QED) is 0.650. The maximum atomic E-state index is 5.61. The first kappa shape index (κ1) is 10.1. The smallest absolute Gasteiger partial charge is 0.146 e. The molecule has 14 heavy (non-hydrogen) atoms. The summed E-state index contributed by atoms with van der Waals surface area (Å²) in [7, 11) is 0. The molecule has 0 amide bonds.